The number of piperidine rings is 1. The van der Waals surface area contributed by atoms with Gasteiger partial charge in [-0.15, -0.1) is 0 Å². The van der Waals surface area contributed by atoms with E-state index in [1.165, 1.54) is 4.31 Å². The van der Waals surface area contributed by atoms with E-state index >= 15 is 0 Å². The molecule has 8 nitrogen and oxygen atoms in total. The summed E-state index contributed by atoms with van der Waals surface area (Å²) in [6, 6.07) is 0. The number of H-pyrrole nitrogens is 1. The predicted octanol–water partition coefficient (Wildman–Crippen LogP) is 0.706. The third-order valence-corrected chi connectivity index (χ3v) is 5.83. The molecule has 130 valence electrons. The van der Waals surface area contributed by atoms with Gasteiger partial charge in [-0.1, -0.05) is 13.8 Å². The summed E-state index contributed by atoms with van der Waals surface area (Å²) in [5, 5.41) is 0. The van der Waals surface area contributed by atoms with Crippen LogP contribution in [0.3, 0.4) is 0 Å². The number of nitrogens with one attached hydrogen (secondary N) is 2. The lowest BCUT2D eigenvalue weighted by molar-refractivity contribution is -0.179. The molecule has 3 rings (SSSR count). The Balaban J connectivity index is 1.54. The molecular weight excluding hydrogens is 320 g/mol. The molecule has 2 aliphatic rings. The molecular formula is C14H24N4O4S. The summed E-state index contributed by atoms with van der Waals surface area (Å²) >= 11 is 0. The highest BCUT2D eigenvalue weighted by atomic mass is 32.2. The Morgan fingerprint density at radius 3 is 2.57 bits per heavy atom. The first kappa shape index (κ1) is 16.8. The van der Waals surface area contributed by atoms with E-state index in [9.17, 15) is 8.42 Å². The standard InChI is InChI=1S/C14H24N4O4S/c1-11(2)13-15-9-12(17-13)10-16-23(19,20)18-5-3-14(4-6-18)21-7-8-22-14/h9,11,16H,3-8,10H2,1-2H3,(H,15,17). The normalized spacial score (nSPS) is 22.2. The number of aromatic nitrogens is 2. The summed E-state index contributed by atoms with van der Waals surface area (Å²) in [4.78, 5) is 7.37. The lowest BCUT2D eigenvalue weighted by atomic mass is 10.1. The van der Waals surface area contributed by atoms with Gasteiger partial charge < -0.3 is 14.5 Å². The van der Waals surface area contributed by atoms with Crippen LogP contribution in [0.2, 0.25) is 0 Å². The van der Waals surface area contributed by atoms with Gasteiger partial charge in [0.2, 0.25) is 0 Å². The van der Waals surface area contributed by atoms with Crippen molar-refractivity contribution >= 4 is 10.2 Å². The highest BCUT2D eigenvalue weighted by Gasteiger charge is 2.42. The molecule has 0 atom stereocenters. The fourth-order valence-electron chi connectivity index (χ4n) is 2.87. The first-order chi connectivity index (χ1) is 10.9. The van der Waals surface area contributed by atoms with Crippen LogP contribution >= 0.6 is 0 Å². The molecule has 1 aromatic rings. The van der Waals surface area contributed by atoms with Crippen molar-refractivity contribution in [1.29, 1.82) is 0 Å². The number of nitrogens with zero attached hydrogens (tertiary/aromatic N) is 2. The van der Waals surface area contributed by atoms with Gasteiger partial charge in [-0.2, -0.15) is 17.4 Å². The Kier molecular flexibility index (Phi) is 4.75. The molecule has 0 radical (unpaired) electrons. The average Bonchev–Trinajstić information content (AvgIpc) is 3.16. The minimum Gasteiger partial charge on any atom is -0.347 e. The van der Waals surface area contributed by atoms with Crippen LogP contribution in [0.15, 0.2) is 6.20 Å². The van der Waals surface area contributed by atoms with Crippen LogP contribution in [0.25, 0.3) is 0 Å². The molecule has 0 unspecified atom stereocenters. The van der Waals surface area contributed by atoms with E-state index in [0.717, 1.165) is 11.5 Å². The maximum atomic E-state index is 12.4. The molecule has 2 saturated heterocycles. The largest absolute Gasteiger partial charge is 0.347 e. The number of imidazole rings is 1. The van der Waals surface area contributed by atoms with E-state index in [1.807, 2.05) is 13.8 Å². The van der Waals surface area contributed by atoms with Gasteiger partial charge in [0.1, 0.15) is 5.82 Å². The molecule has 1 spiro atoms. The summed E-state index contributed by atoms with van der Waals surface area (Å²) in [6.45, 7) is 6.24. The van der Waals surface area contributed by atoms with Crippen molar-refractivity contribution in [3.63, 3.8) is 0 Å². The average molecular weight is 344 g/mol. The van der Waals surface area contributed by atoms with E-state index in [1.54, 1.807) is 6.20 Å². The van der Waals surface area contributed by atoms with Crippen molar-refractivity contribution in [3.8, 4) is 0 Å². The third kappa shape index (κ3) is 3.74. The number of hydrogen-bond donors (Lipinski definition) is 2. The molecule has 9 heteroatoms. The van der Waals surface area contributed by atoms with E-state index in [0.29, 0.717) is 39.1 Å². The van der Waals surface area contributed by atoms with Crippen LogP contribution in [0.5, 0.6) is 0 Å². The lowest BCUT2D eigenvalue weighted by Gasteiger charge is -2.36. The summed E-state index contributed by atoms with van der Waals surface area (Å²) in [5.41, 5.74) is 0.758. The third-order valence-electron chi connectivity index (χ3n) is 4.28. The topological polar surface area (TPSA) is 96.6 Å². The first-order valence-electron chi connectivity index (χ1n) is 7.97. The fourth-order valence-corrected chi connectivity index (χ4v) is 4.06. The maximum Gasteiger partial charge on any atom is 0.279 e. The van der Waals surface area contributed by atoms with Gasteiger partial charge in [0.05, 0.1) is 19.8 Å². The van der Waals surface area contributed by atoms with E-state index in [2.05, 4.69) is 14.7 Å². The second kappa shape index (κ2) is 6.48. The minimum atomic E-state index is -3.51. The van der Waals surface area contributed by atoms with E-state index in [4.69, 9.17) is 9.47 Å². The Hall–Kier alpha value is -1.00. The molecule has 2 N–H and O–H groups in total. The molecule has 0 aliphatic carbocycles. The van der Waals surface area contributed by atoms with Crippen LogP contribution < -0.4 is 4.72 Å². The van der Waals surface area contributed by atoms with Crippen LogP contribution in [0, 0.1) is 0 Å². The Morgan fingerprint density at radius 1 is 1.35 bits per heavy atom. The molecule has 0 amide bonds. The number of rotatable bonds is 5. The fraction of sp³-hybridized carbons (Fsp3) is 0.786. The van der Waals surface area contributed by atoms with Crippen molar-refractivity contribution in [2.24, 2.45) is 0 Å². The van der Waals surface area contributed by atoms with Gasteiger partial charge in [-0.05, 0) is 0 Å². The van der Waals surface area contributed by atoms with Crippen LogP contribution in [-0.4, -0.2) is 54.8 Å². The molecule has 3 heterocycles. The second-order valence-corrected chi connectivity index (χ2v) is 8.04. The molecule has 2 fully saturated rings. The van der Waals surface area contributed by atoms with Crippen molar-refractivity contribution in [3.05, 3.63) is 17.7 Å². The predicted molar refractivity (Wildman–Crippen MR) is 83.9 cm³/mol. The quantitative estimate of drug-likeness (QED) is 0.820. The SMILES string of the molecule is CC(C)c1ncc(CNS(=O)(=O)N2CCC3(CC2)OCCO3)[nH]1. The zero-order valence-electron chi connectivity index (χ0n) is 13.5. The summed E-state index contributed by atoms with van der Waals surface area (Å²) in [5.74, 6) is 0.571. The van der Waals surface area contributed by atoms with Crippen molar-refractivity contribution in [2.75, 3.05) is 26.3 Å². The van der Waals surface area contributed by atoms with Gasteiger partial charge in [0.15, 0.2) is 5.79 Å². The van der Waals surface area contributed by atoms with Gasteiger partial charge in [0.25, 0.3) is 10.2 Å². The maximum absolute atomic E-state index is 12.4. The Morgan fingerprint density at radius 2 is 2.00 bits per heavy atom. The number of aromatic amines is 1. The van der Waals surface area contributed by atoms with Crippen LogP contribution in [-0.2, 0) is 26.2 Å². The zero-order chi connectivity index (χ0) is 16.5. The smallest absolute Gasteiger partial charge is 0.279 e. The highest BCUT2D eigenvalue weighted by molar-refractivity contribution is 7.87. The van der Waals surface area contributed by atoms with Gasteiger partial charge >= 0.3 is 0 Å². The van der Waals surface area contributed by atoms with Gasteiger partial charge in [0, 0.05) is 43.7 Å². The molecule has 1 aromatic heterocycles. The number of hydrogen-bond acceptors (Lipinski definition) is 5. The number of ether oxygens (including phenoxy) is 2. The Bertz CT molecular complexity index is 627. The van der Waals surface area contributed by atoms with Gasteiger partial charge in [-0.3, -0.25) is 0 Å². The monoisotopic (exact) mass is 344 g/mol. The molecule has 0 bridgehead atoms. The minimum absolute atomic E-state index is 0.205. The zero-order valence-corrected chi connectivity index (χ0v) is 14.4. The van der Waals surface area contributed by atoms with Crippen LogP contribution in [0.4, 0.5) is 0 Å². The van der Waals surface area contributed by atoms with Crippen molar-refractivity contribution < 1.29 is 17.9 Å². The molecule has 23 heavy (non-hydrogen) atoms. The van der Waals surface area contributed by atoms with Crippen molar-refractivity contribution in [1.82, 2.24) is 19.0 Å². The summed E-state index contributed by atoms with van der Waals surface area (Å²) < 4.78 is 40.1. The Labute approximate surface area is 136 Å². The van der Waals surface area contributed by atoms with E-state index in [-0.39, 0.29) is 12.5 Å². The first-order valence-corrected chi connectivity index (χ1v) is 9.41. The molecule has 0 saturated carbocycles. The molecule has 2 aliphatic heterocycles. The second-order valence-electron chi connectivity index (χ2n) is 6.28. The summed E-state index contributed by atoms with van der Waals surface area (Å²) in [7, 11) is -3.51. The highest BCUT2D eigenvalue weighted by Crippen LogP contribution is 2.31. The van der Waals surface area contributed by atoms with Crippen LogP contribution in [0.1, 0.15) is 44.1 Å². The van der Waals surface area contributed by atoms with E-state index < -0.39 is 16.0 Å². The molecule has 0 aromatic carbocycles. The van der Waals surface area contributed by atoms with Gasteiger partial charge in [-0.25, -0.2) is 4.98 Å². The summed E-state index contributed by atoms with van der Waals surface area (Å²) in [6.07, 6.45) is 2.80. The van der Waals surface area contributed by atoms with Crippen molar-refractivity contribution in [2.45, 2.75) is 44.9 Å². The lowest BCUT2D eigenvalue weighted by Crippen LogP contribution is -2.50.